The number of rotatable bonds is 9. The van der Waals surface area contributed by atoms with Gasteiger partial charge in [-0.25, -0.2) is 8.42 Å². The molecule has 0 unspecified atom stereocenters. The Morgan fingerprint density at radius 1 is 1.22 bits per heavy atom. The van der Waals surface area contributed by atoms with Crippen LogP contribution < -0.4 is 14.4 Å². The molecule has 4 rings (SSSR count). The number of anilines is 2. The largest absolute Gasteiger partial charge is 0.483 e. The van der Waals surface area contributed by atoms with Crippen molar-refractivity contribution in [3.05, 3.63) is 53.6 Å². The highest BCUT2D eigenvalue weighted by molar-refractivity contribution is 7.92. The van der Waals surface area contributed by atoms with Crippen LogP contribution in [0, 0.1) is 0 Å². The number of nitrogens with zero attached hydrogens (tertiary/aromatic N) is 3. The molecule has 36 heavy (non-hydrogen) atoms. The number of hydrogen-bond acceptors (Lipinski definition) is 7. The monoisotopic (exact) mass is 516 g/mol. The highest BCUT2D eigenvalue weighted by atomic mass is 32.2. The molecule has 1 fully saturated rings. The Bertz CT molecular complexity index is 1170. The second-order valence-electron chi connectivity index (χ2n) is 9.76. The van der Waals surface area contributed by atoms with Crippen molar-refractivity contribution in [2.24, 2.45) is 0 Å². The van der Waals surface area contributed by atoms with Gasteiger partial charge in [0.05, 0.1) is 29.8 Å². The lowest BCUT2D eigenvalue weighted by Crippen LogP contribution is -2.41. The van der Waals surface area contributed by atoms with Gasteiger partial charge in [-0.05, 0) is 37.0 Å². The molecule has 0 spiro atoms. The third kappa shape index (κ3) is 6.29. The van der Waals surface area contributed by atoms with Crippen molar-refractivity contribution in [2.45, 2.75) is 31.4 Å². The summed E-state index contributed by atoms with van der Waals surface area (Å²) < 4.78 is 32.4. The van der Waals surface area contributed by atoms with Crippen LogP contribution in [0.2, 0.25) is 0 Å². The number of β-amino-alcohol motifs (C(OH)–C–C–N with tert-alkyl or cyclic N) is 1. The predicted molar refractivity (Wildman–Crippen MR) is 141 cm³/mol. The van der Waals surface area contributed by atoms with Gasteiger partial charge in [-0.1, -0.05) is 30.3 Å². The molecule has 9 nitrogen and oxygen atoms in total. The average Bonchev–Trinajstić information content (AvgIpc) is 3.25. The predicted octanol–water partition coefficient (Wildman–Crippen LogP) is 2.09. The molecule has 2 heterocycles. The van der Waals surface area contributed by atoms with Crippen molar-refractivity contribution in [3.8, 4) is 5.75 Å². The summed E-state index contributed by atoms with van der Waals surface area (Å²) in [6, 6.07) is 13.2. The van der Waals surface area contributed by atoms with E-state index in [1.165, 1.54) is 0 Å². The highest BCUT2D eigenvalue weighted by Crippen LogP contribution is 2.40. The Labute approximate surface area is 213 Å². The lowest BCUT2D eigenvalue weighted by molar-refractivity contribution is -0.134. The number of likely N-dealkylation sites (tertiary alicyclic amines) is 1. The molecule has 2 aromatic carbocycles. The maximum atomic E-state index is 13.3. The van der Waals surface area contributed by atoms with Gasteiger partial charge in [0.25, 0.3) is 5.91 Å². The molecule has 10 heteroatoms. The lowest BCUT2D eigenvalue weighted by atomic mass is 10.00. The first kappa shape index (κ1) is 26.2. The van der Waals surface area contributed by atoms with Crippen molar-refractivity contribution < 1.29 is 23.1 Å². The van der Waals surface area contributed by atoms with E-state index in [2.05, 4.69) is 9.62 Å². The summed E-state index contributed by atoms with van der Waals surface area (Å²) >= 11 is 0. The number of sulfonamides is 1. The SMILES string of the molecule is CN1CCCc2c(OCC(=O)N(C)[C@H](CN3CC[C@H](O)C3)c3ccccc3)ccc(NS(C)(=O)=O)c21. The molecule has 2 atom stereocenters. The topological polar surface area (TPSA) is 102 Å². The second-order valence-corrected chi connectivity index (χ2v) is 11.5. The van der Waals surface area contributed by atoms with Crippen LogP contribution >= 0.6 is 0 Å². The van der Waals surface area contributed by atoms with Crippen LogP contribution in [0.4, 0.5) is 11.4 Å². The molecule has 1 saturated heterocycles. The van der Waals surface area contributed by atoms with Gasteiger partial charge in [-0.15, -0.1) is 0 Å². The van der Waals surface area contributed by atoms with Gasteiger partial charge in [0.1, 0.15) is 5.75 Å². The zero-order valence-electron chi connectivity index (χ0n) is 21.2. The third-order valence-corrected chi connectivity index (χ3v) is 7.50. The third-order valence-electron chi connectivity index (χ3n) is 6.91. The van der Waals surface area contributed by atoms with E-state index in [0.29, 0.717) is 24.5 Å². The van der Waals surface area contributed by atoms with Gasteiger partial charge >= 0.3 is 0 Å². The number of aliphatic hydroxyl groups is 1. The van der Waals surface area contributed by atoms with E-state index in [9.17, 15) is 18.3 Å². The molecule has 0 aromatic heterocycles. The number of hydrogen-bond donors (Lipinski definition) is 2. The van der Waals surface area contributed by atoms with Crippen LogP contribution in [0.15, 0.2) is 42.5 Å². The van der Waals surface area contributed by atoms with Crippen LogP contribution in [0.1, 0.15) is 30.0 Å². The molecule has 0 radical (unpaired) electrons. The molecule has 0 bridgehead atoms. The maximum absolute atomic E-state index is 13.3. The summed E-state index contributed by atoms with van der Waals surface area (Å²) in [5.41, 5.74) is 3.24. The summed E-state index contributed by atoms with van der Waals surface area (Å²) in [4.78, 5) is 19.2. The molecule has 196 valence electrons. The minimum Gasteiger partial charge on any atom is -0.483 e. The van der Waals surface area contributed by atoms with E-state index in [1.54, 1.807) is 24.1 Å². The minimum atomic E-state index is -3.43. The first-order valence-electron chi connectivity index (χ1n) is 12.3. The van der Waals surface area contributed by atoms with Gasteiger partial charge < -0.3 is 19.6 Å². The van der Waals surface area contributed by atoms with E-state index in [-0.39, 0.29) is 24.7 Å². The number of ether oxygens (including phenoxy) is 1. The second kappa shape index (κ2) is 11.1. The molecule has 2 aliphatic heterocycles. The summed E-state index contributed by atoms with van der Waals surface area (Å²) in [7, 11) is 0.283. The lowest BCUT2D eigenvalue weighted by Gasteiger charge is -2.33. The number of fused-ring (bicyclic) bond motifs is 1. The number of aliphatic hydroxyl groups excluding tert-OH is 1. The van der Waals surface area contributed by atoms with Gasteiger partial charge in [-0.2, -0.15) is 0 Å². The summed E-state index contributed by atoms with van der Waals surface area (Å²) in [6.07, 6.45) is 3.20. The standard InChI is InChI=1S/C26H36N4O5S/c1-28-14-7-10-21-24(12-11-22(26(21)28)27-36(3,33)34)35-18-25(32)29(2)23(19-8-5-4-6-9-19)17-30-15-13-20(31)16-30/h4-6,8-9,11-12,20,23,27,31H,7,10,13-18H2,1-3H3/t20-,23+/m0/s1. The van der Waals surface area contributed by atoms with E-state index < -0.39 is 10.0 Å². The normalized spacial score (nSPS) is 19.0. The van der Waals surface area contributed by atoms with Crippen molar-refractivity contribution >= 4 is 27.3 Å². The summed E-state index contributed by atoms with van der Waals surface area (Å²) in [5, 5.41) is 9.96. The number of benzene rings is 2. The van der Waals surface area contributed by atoms with Crippen molar-refractivity contribution in [3.63, 3.8) is 0 Å². The van der Waals surface area contributed by atoms with Crippen LogP contribution in [0.5, 0.6) is 5.75 Å². The Kier molecular flexibility index (Phi) is 8.07. The van der Waals surface area contributed by atoms with Crippen LogP contribution in [-0.2, 0) is 21.2 Å². The Balaban J connectivity index is 1.51. The van der Waals surface area contributed by atoms with Gasteiger partial charge in [0, 0.05) is 45.8 Å². The van der Waals surface area contributed by atoms with Crippen molar-refractivity contribution in [1.29, 1.82) is 0 Å². The number of amides is 1. The quantitative estimate of drug-likeness (QED) is 0.526. The Hall–Kier alpha value is -2.82. The Morgan fingerprint density at radius 3 is 2.64 bits per heavy atom. The fourth-order valence-electron chi connectivity index (χ4n) is 5.08. The van der Waals surface area contributed by atoms with Gasteiger partial charge in [0.15, 0.2) is 6.61 Å². The molecule has 2 N–H and O–H groups in total. The molecular formula is C26H36N4O5S. The van der Waals surface area contributed by atoms with E-state index in [4.69, 9.17) is 4.74 Å². The zero-order valence-corrected chi connectivity index (χ0v) is 22.0. The number of carbonyl (C=O) groups is 1. The van der Waals surface area contributed by atoms with Gasteiger partial charge in [0.2, 0.25) is 10.0 Å². The van der Waals surface area contributed by atoms with E-state index >= 15 is 0 Å². The molecule has 1 amide bonds. The number of carbonyl (C=O) groups excluding carboxylic acids is 1. The average molecular weight is 517 g/mol. The van der Waals surface area contributed by atoms with Crippen molar-refractivity contribution in [2.75, 3.05) is 62.8 Å². The first-order chi connectivity index (χ1) is 17.1. The Morgan fingerprint density at radius 2 is 1.97 bits per heavy atom. The zero-order chi connectivity index (χ0) is 25.9. The fourth-order valence-corrected chi connectivity index (χ4v) is 5.65. The fraction of sp³-hybridized carbons (Fsp3) is 0.500. The molecular weight excluding hydrogens is 480 g/mol. The highest BCUT2D eigenvalue weighted by Gasteiger charge is 2.29. The van der Waals surface area contributed by atoms with Crippen molar-refractivity contribution in [1.82, 2.24) is 9.80 Å². The summed E-state index contributed by atoms with van der Waals surface area (Å²) in [6.45, 7) is 2.72. The number of likely N-dealkylation sites (N-methyl/N-ethyl adjacent to an activating group) is 1. The first-order valence-corrected chi connectivity index (χ1v) is 14.2. The summed E-state index contributed by atoms with van der Waals surface area (Å²) in [5.74, 6) is 0.441. The molecule has 0 aliphatic carbocycles. The van der Waals surface area contributed by atoms with Crippen LogP contribution in [-0.4, -0.2) is 88.5 Å². The minimum absolute atomic E-state index is 0.128. The van der Waals surface area contributed by atoms with Crippen LogP contribution in [0.3, 0.4) is 0 Å². The molecule has 2 aromatic rings. The van der Waals surface area contributed by atoms with Gasteiger partial charge in [-0.3, -0.25) is 14.4 Å². The van der Waals surface area contributed by atoms with Crippen LogP contribution in [0.25, 0.3) is 0 Å². The molecule has 0 saturated carbocycles. The number of nitrogens with one attached hydrogen (secondary N) is 1. The van der Waals surface area contributed by atoms with E-state index in [0.717, 1.165) is 55.4 Å². The maximum Gasteiger partial charge on any atom is 0.260 e. The smallest absolute Gasteiger partial charge is 0.260 e. The molecule has 2 aliphatic rings. The van der Waals surface area contributed by atoms with E-state index in [1.807, 2.05) is 42.3 Å².